The lowest BCUT2D eigenvalue weighted by Crippen LogP contribution is -2.45. The number of nitriles is 1. The summed E-state index contributed by atoms with van der Waals surface area (Å²) < 4.78 is 32.4. The van der Waals surface area contributed by atoms with Gasteiger partial charge in [0.15, 0.2) is 0 Å². The highest BCUT2D eigenvalue weighted by Crippen LogP contribution is 2.43. The van der Waals surface area contributed by atoms with Crippen LogP contribution in [0.15, 0.2) is 30.3 Å². The van der Waals surface area contributed by atoms with Crippen molar-refractivity contribution < 1.29 is 17.3 Å². The van der Waals surface area contributed by atoms with Gasteiger partial charge in [-0.05, 0) is 18.4 Å². The first kappa shape index (κ1) is 15.0. The van der Waals surface area contributed by atoms with E-state index in [1.807, 2.05) is 30.3 Å². The maximum absolute atomic E-state index is 11.0. The summed E-state index contributed by atoms with van der Waals surface area (Å²) in [5.74, 6) is 0. The van der Waals surface area contributed by atoms with E-state index in [0.29, 0.717) is 19.4 Å². The Morgan fingerprint density at radius 1 is 1.35 bits per heavy atom. The second-order valence-electron chi connectivity index (χ2n) is 5.19. The fourth-order valence-corrected chi connectivity index (χ4v) is 2.62. The lowest BCUT2D eigenvalue weighted by molar-refractivity contribution is -0.0782. The fourth-order valence-electron chi connectivity index (χ4n) is 2.18. The summed E-state index contributed by atoms with van der Waals surface area (Å²) in [5.41, 5.74) is 0.346. The summed E-state index contributed by atoms with van der Waals surface area (Å²) in [7, 11) is -3.51. The van der Waals surface area contributed by atoms with E-state index in [1.54, 1.807) is 0 Å². The molecule has 1 aliphatic rings. The molecule has 0 heterocycles. The van der Waals surface area contributed by atoms with Crippen molar-refractivity contribution in [3.63, 3.8) is 0 Å². The van der Waals surface area contributed by atoms with Crippen LogP contribution >= 0.6 is 0 Å². The Labute approximate surface area is 119 Å². The molecule has 0 amide bonds. The van der Waals surface area contributed by atoms with Gasteiger partial charge in [-0.3, -0.25) is 4.18 Å². The van der Waals surface area contributed by atoms with Crippen LogP contribution in [0.2, 0.25) is 0 Å². The second-order valence-corrected chi connectivity index (χ2v) is 6.83. The number of hydrogen-bond donors (Lipinski definition) is 0. The van der Waals surface area contributed by atoms with Crippen LogP contribution in [0, 0.1) is 16.7 Å². The molecule has 20 heavy (non-hydrogen) atoms. The molecule has 0 bridgehead atoms. The van der Waals surface area contributed by atoms with Gasteiger partial charge in [0.05, 0.1) is 37.1 Å². The molecule has 0 aromatic heterocycles. The van der Waals surface area contributed by atoms with Crippen molar-refractivity contribution in [1.29, 1.82) is 5.26 Å². The minimum absolute atomic E-state index is 0.0157. The highest BCUT2D eigenvalue weighted by atomic mass is 32.2. The Balaban J connectivity index is 1.79. The Kier molecular flexibility index (Phi) is 4.43. The molecule has 1 aliphatic carbocycles. The van der Waals surface area contributed by atoms with Crippen molar-refractivity contribution in [3.05, 3.63) is 35.9 Å². The molecule has 0 unspecified atom stereocenters. The van der Waals surface area contributed by atoms with Crippen molar-refractivity contribution in [2.75, 3.05) is 12.9 Å². The molecule has 1 aromatic rings. The summed E-state index contributed by atoms with van der Waals surface area (Å²) in [6.45, 7) is 0.410. The number of nitrogens with zero attached hydrogens (tertiary/aromatic N) is 1. The number of hydrogen-bond acceptors (Lipinski definition) is 5. The monoisotopic (exact) mass is 295 g/mol. The van der Waals surface area contributed by atoms with E-state index in [0.717, 1.165) is 11.8 Å². The van der Waals surface area contributed by atoms with Crippen LogP contribution in [0.5, 0.6) is 0 Å². The van der Waals surface area contributed by atoms with Gasteiger partial charge in [-0.1, -0.05) is 30.3 Å². The molecule has 0 saturated heterocycles. The molecule has 1 saturated carbocycles. The van der Waals surface area contributed by atoms with Crippen LogP contribution in [-0.2, 0) is 25.6 Å². The summed E-state index contributed by atoms with van der Waals surface area (Å²) in [5, 5.41) is 9.16. The molecular formula is C14H17NO4S. The van der Waals surface area contributed by atoms with Crippen LogP contribution < -0.4 is 0 Å². The van der Waals surface area contributed by atoms with Crippen molar-refractivity contribution in [1.82, 2.24) is 0 Å². The molecule has 1 aromatic carbocycles. The lowest BCUT2D eigenvalue weighted by atomic mass is 9.68. The minimum atomic E-state index is -3.51. The Morgan fingerprint density at radius 3 is 2.55 bits per heavy atom. The van der Waals surface area contributed by atoms with E-state index >= 15 is 0 Å². The van der Waals surface area contributed by atoms with Gasteiger partial charge in [-0.25, -0.2) is 0 Å². The first-order chi connectivity index (χ1) is 9.42. The van der Waals surface area contributed by atoms with Crippen LogP contribution in [0.3, 0.4) is 0 Å². The Bertz CT molecular complexity index is 585. The third-order valence-corrected chi connectivity index (χ3v) is 3.90. The first-order valence-electron chi connectivity index (χ1n) is 6.34. The minimum Gasteiger partial charge on any atom is -0.373 e. The summed E-state index contributed by atoms with van der Waals surface area (Å²) in [6.07, 6.45) is 1.98. The molecule has 0 spiro atoms. The summed E-state index contributed by atoms with van der Waals surface area (Å²) >= 11 is 0. The molecular weight excluding hydrogens is 278 g/mol. The van der Waals surface area contributed by atoms with Crippen LogP contribution in [0.25, 0.3) is 0 Å². The van der Waals surface area contributed by atoms with E-state index in [-0.39, 0.29) is 12.7 Å². The number of rotatable bonds is 6. The second kappa shape index (κ2) is 5.92. The number of ether oxygens (including phenoxy) is 1. The first-order valence-corrected chi connectivity index (χ1v) is 8.15. The highest BCUT2D eigenvalue weighted by Gasteiger charge is 2.46. The maximum Gasteiger partial charge on any atom is 0.264 e. The third-order valence-electron chi connectivity index (χ3n) is 3.35. The van der Waals surface area contributed by atoms with Gasteiger partial charge < -0.3 is 4.74 Å². The van der Waals surface area contributed by atoms with Crippen molar-refractivity contribution in [3.8, 4) is 6.07 Å². The van der Waals surface area contributed by atoms with E-state index in [9.17, 15) is 8.42 Å². The molecule has 0 N–H and O–H groups in total. The zero-order valence-corrected chi connectivity index (χ0v) is 12.1. The quantitative estimate of drug-likeness (QED) is 0.749. The van der Waals surface area contributed by atoms with E-state index in [4.69, 9.17) is 14.2 Å². The van der Waals surface area contributed by atoms with Gasteiger partial charge in [0.2, 0.25) is 0 Å². The normalized spacial score (nSPS) is 25.7. The topological polar surface area (TPSA) is 76.4 Å². The fraction of sp³-hybridized carbons (Fsp3) is 0.500. The average Bonchev–Trinajstić information content (AvgIpc) is 2.37. The van der Waals surface area contributed by atoms with Crippen LogP contribution in [0.1, 0.15) is 18.4 Å². The van der Waals surface area contributed by atoms with E-state index < -0.39 is 15.5 Å². The maximum atomic E-state index is 11.0. The zero-order valence-electron chi connectivity index (χ0n) is 11.3. The molecule has 0 radical (unpaired) electrons. The molecule has 2 rings (SSSR count). The third kappa shape index (κ3) is 4.04. The lowest BCUT2D eigenvalue weighted by Gasteiger charge is -2.41. The van der Waals surface area contributed by atoms with Gasteiger partial charge in [-0.2, -0.15) is 13.7 Å². The highest BCUT2D eigenvalue weighted by molar-refractivity contribution is 7.85. The van der Waals surface area contributed by atoms with Crippen LogP contribution in [0.4, 0.5) is 0 Å². The zero-order chi connectivity index (χ0) is 14.6. The van der Waals surface area contributed by atoms with Gasteiger partial charge >= 0.3 is 0 Å². The molecule has 5 nitrogen and oxygen atoms in total. The smallest absolute Gasteiger partial charge is 0.264 e. The molecule has 0 aliphatic heterocycles. The number of benzene rings is 1. The Morgan fingerprint density at radius 2 is 2.00 bits per heavy atom. The van der Waals surface area contributed by atoms with Gasteiger partial charge in [0.1, 0.15) is 0 Å². The standard InChI is InChI=1S/C14H17NO4S/c1-20(16,17)19-11-14(10-15)7-13(8-14)18-9-12-5-3-2-4-6-12/h2-6,13H,7-9,11H2,1H3. The summed E-state index contributed by atoms with van der Waals surface area (Å²) in [4.78, 5) is 0. The van der Waals surface area contributed by atoms with E-state index in [1.165, 1.54) is 0 Å². The predicted molar refractivity (Wildman–Crippen MR) is 73.1 cm³/mol. The van der Waals surface area contributed by atoms with E-state index in [2.05, 4.69) is 6.07 Å². The van der Waals surface area contributed by atoms with Crippen molar-refractivity contribution in [2.45, 2.75) is 25.6 Å². The van der Waals surface area contributed by atoms with Crippen molar-refractivity contribution >= 4 is 10.1 Å². The SMILES string of the molecule is CS(=O)(=O)OCC1(C#N)CC(OCc2ccccc2)C1. The predicted octanol–water partition coefficient (Wildman–Crippen LogP) is 1.85. The van der Waals surface area contributed by atoms with Gasteiger partial charge in [0.25, 0.3) is 10.1 Å². The van der Waals surface area contributed by atoms with Crippen molar-refractivity contribution in [2.24, 2.45) is 5.41 Å². The summed E-state index contributed by atoms with van der Waals surface area (Å²) in [6, 6.07) is 11.9. The molecule has 6 heteroatoms. The molecule has 1 fully saturated rings. The Hall–Kier alpha value is -1.42. The molecule has 108 valence electrons. The largest absolute Gasteiger partial charge is 0.373 e. The van der Waals surface area contributed by atoms with Crippen LogP contribution in [-0.4, -0.2) is 27.4 Å². The van der Waals surface area contributed by atoms with Gasteiger partial charge in [-0.15, -0.1) is 0 Å². The molecule has 0 atom stereocenters. The average molecular weight is 295 g/mol. The van der Waals surface area contributed by atoms with Gasteiger partial charge in [0, 0.05) is 0 Å².